The van der Waals surface area contributed by atoms with Gasteiger partial charge in [0.2, 0.25) is 5.91 Å². The lowest BCUT2D eigenvalue weighted by molar-refractivity contribution is -0.118. The smallest absolute Gasteiger partial charge is 0.233 e. The lowest BCUT2D eigenvalue weighted by Crippen LogP contribution is -2.27. The van der Waals surface area contributed by atoms with Crippen molar-refractivity contribution in [2.24, 2.45) is 0 Å². The van der Waals surface area contributed by atoms with Gasteiger partial charge in [0.05, 0.1) is 0 Å². The maximum absolute atomic E-state index is 13.6. The van der Waals surface area contributed by atoms with E-state index in [0.717, 1.165) is 22.4 Å². The summed E-state index contributed by atoms with van der Waals surface area (Å²) in [6, 6.07) is 33.7. The fourth-order valence-corrected chi connectivity index (χ4v) is 4.28. The normalized spacial score (nSPS) is 10.8. The highest BCUT2D eigenvalue weighted by atomic mass is 19.1. The summed E-state index contributed by atoms with van der Waals surface area (Å²) >= 11 is 0. The number of aryl methyl sites for hydroxylation is 1. The van der Waals surface area contributed by atoms with Gasteiger partial charge in [0.15, 0.2) is 0 Å². The van der Waals surface area contributed by atoms with Gasteiger partial charge < -0.3 is 4.57 Å². The van der Waals surface area contributed by atoms with Gasteiger partial charge >= 0.3 is 0 Å². The topological polar surface area (TPSA) is 25.2 Å². The van der Waals surface area contributed by atoms with Gasteiger partial charge in [0.1, 0.15) is 11.6 Å². The third-order valence-electron chi connectivity index (χ3n) is 6.06. The first-order chi connectivity index (χ1) is 17.6. The van der Waals surface area contributed by atoms with Gasteiger partial charge in [0, 0.05) is 36.2 Å². The summed E-state index contributed by atoms with van der Waals surface area (Å²) in [7, 11) is 0. The van der Waals surface area contributed by atoms with E-state index in [4.69, 9.17) is 0 Å². The highest BCUT2D eigenvalue weighted by Crippen LogP contribution is 2.30. The van der Waals surface area contributed by atoms with Crippen molar-refractivity contribution in [3.05, 3.63) is 133 Å². The quantitative estimate of drug-likeness (QED) is 0.234. The second kappa shape index (κ2) is 10.4. The van der Waals surface area contributed by atoms with Crippen molar-refractivity contribution in [1.82, 2.24) is 4.57 Å². The minimum Gasteiger partial charge on any atom is -0.346 e. The first-order valence-electron chi connectivity index (χ1n) is 11.7. The minimum absolute atomic E-state index is 0.179. The van der Waals surface area contributed by atoms with Crippen LogP contribution >= 0.6 is 0 Å². The van der Waals surface area contributed by atoms with Gasteiger partial charge in [-0.3, -0.25) is 9.69 Å². The Morgan fingerprint density at radius 3 is 1.67 bits per heavy atom. The molecule has 3 nitrogen and oxygen atoms in total. The van der Waals surface area contributed by atoms with Crippen LogP contribution in [0, 0.1) is 11.6 Å². The number of benzene rings is 4. The number of anilines is 2. The number of hydrogen-bond acceptors (Lipinski definition) is 1. The molecule has 0 saturated carbocycles. The molecule has 1 aromatic heterocycles. The zero-order valence-electron chi connectivity index (χ0n) is 19.5. The van der Waals surface area contributed by atoms with Crippen molar-refractivity contribution < 1.29 is 13.6 Å². The molecule has 0 aliphatic carbocycles. The molecule has 178 valence electrons. The van der Waals surface area contributed by atoms with Crippen LogP contribution in [0.2, 0.25) is 0 Å². The molecule has 0 aliphatic heterocycles. The molecule has 1 amide bonds. The van der Waals surface area contributed by atoms with Crippen LogP contribution in [0.1, 0.15) is 6.42 Å². The fourth-order valence-electron chi connectivity index (χ4n) is 4.28. The summed E-state index contributed by atoms with van der Waals surface area (Å²) < 4.78 is 29.2. The van der Waals surface area contributed by atoms with Crippen molar-refractivity contribution in [3.8, 4) is 22.4 Å². The number of aromatic nitrogens is 1. The van der Waals surface area contributed by atoms with Crippen LogP contribution in [0.25, 0.3) is 22.4 Å². The van der Waals surface area contributed by atoms with E-state index < -0.39 is 11.6 Å². The molecule has 0 aliphatic rings. The van der Waals surface area contributed by atoms with Crippen molar-refractivity contribution in [2.75, 3.05) is 4.90 Å². The summed E-state index contributed by atoms with van der Waals surface area (Å²) in [6.45, 7) is 0.439. The zero-order valence-corrected chi connectivity index (χ0v) is 19.5. The Morgan fingerprint density at radius 2 is 1.14 bits per heavy atom. The first kappa shape index (κ1) is 23.2. The number of carbonyl (C=O) groups is 1. The summed E-state index contributed by atoms with van der Waals surface area (Å²) in [6.07, 6.45) is 2.25. The number of carbonyl (C=O) groups excluding carboxylic acids is 1. The maximum atomic E-state index is 13.6. The van der Waals surface area contributed by atoms with Gasteiger partial charge in [0.25, 0.3) is 0 Å². The molecular weight excluding hydrogens is 454 g/mol. The second-order valence-corrected chi connectivity index (χ2v) is 8.47. The first-order valence-corrected chi connectivity index (χ1v) is 11.7. The number of rotatable bonds is 7. The van der Waals surface area contributed by atoms with E-state index in [1.165, 1.54) is 29.2 Å². The molecule has 0 saturated heterocycles. The van der Waals surface area contributed by atoms with Gasteiger partial charge in [-0.2, -0.15) is 0 Å². The molecule has 5 rings (SSSR count). The molecule has 0 atom stereocenters. The Balaban J connectivity index is 1.46. The summed E-state index contributed by atoms with van der Waals surface area (Å²) in [5, 5.41) is 0. The molecule has 0 radical (unpaired) electrons. The maximum Gasteiger partial charge on any atom is 0.233 e. The molecule has 5 aromatic rings. The number of amides is 1. The molecule has 0 fully saturated rings. The van der Waals surface area contributed by atoms with Crippen LogP contribution < -0.4 is 4.90 Å². The molecule has 0 bridgehead atoms. The third-order valence-corrected chi connectivity index (χ3v) is 6.06. The minimum atomic E-state index is -0.390. The van der Waals surface area contributed by atoms with Crippen LogP contribution in [0.3, 0.4) is 0 Å². The molecule has 0 spiro atoms. The Bertz CT molecular complexity index is 1400. The van der Waals surface area contributed by atoms with Gasteiger partial charge in [-0.05, 0) is 71.3 Å². The summed E-state index contributed by atoms with van der Waals surface area (Å²) in [4.78, 5) is 15.0. The fraction of sp³-hybridized carbons (Fsp3) is 0.0645. The van der Waals surface area contributed by atoms with E-state index in [9.17, 15) is 13.6 Å². The molecule has 36 heavy (non-hydrogen) atoms. The average molecular weight is 479 g/mol. The summed E-state index contributed by atoms with van der Waals surface area (Å²) in [5.41, 5.74) is 5.27. The SMILES string of the molecule is O=C(CCn1cc(-c2ccccc2)cc1-c1ccccc1)N(c1ccc(F)cc1)c1ccc(F)cc1. The lowest BCUT2D eigenvalue weighted by atomic mass is 10.1. The molecular formula is C31H24F2N2O. The van der Waals surface area contributed by atoms with Gasteiger partial charge in [-0.1, -0.05) is 60.7 Å². The van der Waals surface area contributed by atoms with E-state index in [-0.39, 0.29) is 12.3 Å². The van der Waals surface area contributed by atoms with E-state index >= 15 is 0 Å². The van der Waals surface area contributed by atoms with Crippen molar-refractivity contribution in [2.45, 2.75) is 13.0 Å². The molecule has 4 aromatic carbocycles. The Labute approximate surface area is 208 Å². The molecule has 0 N–H and O–H groups in total. The van der Waals surface area contributed by atoms with Crippen LogP contribution in [0.5, 0.6) is 0 Å². The van der Waals surface area contributed by atoms with E-state index in [1.807, 2.05) is 48.5 Å². The molecule has 0 unspecified atom stereocenters. The standard InChI is InChI=1S/C31H24F2N2O/c32-26-11-15-28(16-12-26)35(29-17-13-27(33)14-18-29)31(36)19-20-34-22-25(23-7-3-1-4-8-23)21-30(34)24-9-5-2-6-10-24/h1-18,21-22H,19-20H2. The van der Waals surface area contributed by atoms with E-state index in [0.29, 0.717) is 17.9 Å². The van der Waals surface area contributed by atoms with Gasteiger partial charge in [-0.25, -0.2) is 8.78 Å². The molecule has 5 heteroatoms. The van der Waals surface area contributed by atoms with Crippen LogP contribution in [0.4, 0.5) is 20.2 Å². The van der Waals surface area contributed by atoms with Crippen molar-refractivity contribution in [3.63, 3.8) is 0 Å². The number of hydrogen-bond donors (Lipinski definition) is 0. The number of halogens is 2. The Hall–Kier alpha value is -4.51. The van der Waals surface area contributed by atoms with Crippen LogP contribution in [0.15, 0.2) is 121 Å². The predicted octanol–water partition coefficient (Wildman–Crippen LogP) is 7.86. The third kappa shape index (κ3) is 5.10. The van der Waals surface area contributed by atoms with Crippen molar-refractivity contribution in [1.29, 1.82) is 0 Å². The van der Waals surface area contributed by atoms with Crippen LogP contribution in [-0.4, -0.2) is 10.5 Å². The second-order valence-electron chi connectivity index (χ2n) is 8.47. The van der Waals surface area contributed by atoms with E-state index in [1.54, 1.807) is 24.3 Å². The highest BCUT2D eigenvalue weighted by molar-refractivity contribution is 6.00. The van der Waals surface area contributed by atoms with Crippen molar-refractivity contribution >= 4 is 17.3 Å². The predicted molar refractivity (Wildman–Crippen MR) is 140 cm³/mol. The summed E-state index contributed by atoms with van der Waals surface area (Å²) in [5.74, 6) is -0.959. The highest BCUT2D eigenvalue weighted by Gasteiger charge is 2.19. The Kier molecular flexibility index (Phi) is 6.72. The van der Waals surface area contributed by atoms with E-state index in [2.05, 4.69) is 29.0 Å². The zero-order chi connectivity index (χ0) is 24.9. The van der Waals surface area contributed by atoms with Crippen LogP contribution in [-0.2, 0) is 11.3 Å². The lowest BCUT2D eigenvalue weighted by Gasteiger charge is -2.23. The largest absolute Gasteiger partial charge is 0.346 e. The van der Waals surface area contributed by atoms with Gasteiger partial charge in [-0.15, -0.1) is 0 Å². The average Bonchev–Trinajstić information content (AvgIpc) is 3.35. The number of nitrogens with zero attached hydrogens (tertiary/aromatic N) is 2. The Morgan fingerprint density at radius 1 is 0.639 bits per heavy atom. The molecule has 1 heterocycles. The monoisotopic (exact) mass is 478 g/mol.